The van der Waals surface area contributed by atoms with Crippen LogP contribution in [0, 0.1) is 0 Å². The molecule has 0 aliphatic rings. The van der Waals surface area contributed by atoms with Crippen LogP contribution in [0.1, 0.15) is 0 Å². The molecule has 7 rings (SSSR count). The van der Waals surface area contributed by atoms with Gasteiger partial charge in [0.15, 0.2) is 0 Å². The van der Waals surface area contributed by atoms with E-state index in [0.29, 0.717) is 0 Å². The molecule has 0 bridgehead atoms. The third-order valence-corrected chi connectivity index (χ3v) is 5.84. The molecule has 2 heteroatoms. The Balaban J connectivity index is 1.71. The van der Waals surface area contributed by atoms with Crippen molar-refractivity contribution in [1.82, 2.24) is 0 Å². The molecular weight excluding hydrogens is 344 g/mol. The number of hydrogen-bond donors (Lipinski definition) is 0. The summed E-state index contributed by atoms with van der Waals surface area (Å²) in [6, 6.07) is 29.5. The first-order valence-corrected chi connectivity index (χ1v) is 9.45. The SMILES string of the molecule is c1ccc2c(c1)ccc1oc3cc4c(cc3c12)oc1ccc2ccccc2c14. The summed E-state index contributed by atoms with van der Waals surface area (Å²) >= 11 is 0. The summed E-state index contributed by atoms with van der Waals surface area (Å²) < 4.78 is 12.5. The van der Waals surface area contributed by atoms with Crippen molar-refractivity contribution in [2.24, 2.45) is 0 Å². The second kappa shape index (κ2) is 4.93. The van der Waals surface area contributed by atoms with Gasteiger partial charge >= 0.3 is 0 Å². The molecule has 7 aromatic rings. The first-order chi connectivity index (χ1) is 13.9. The van der Waals surface area contributed by atoms with Gasteiger partial charge < -0.3 is 8.83 Å². The minimum absolute atomic E-state index is 0.898. The van der Waals surface area contributed by atoms with Crippen molar-refractivity contribution >= 4 is 65.4 Å². The van der Waals surface area contributed by atoms with E-state index in [9.17, 15) is 0 Å². The predicted molar refractivity (Wildman–Crippen MR) is 116 cm³/mol. The molecule has 28 heavy (non-hydrogen) atoms. The van der Waals surface area contributed by atoms with Gasteiger partial charge in [-0.15, -0.1) is 0 Å². The zero-order valence-corrected chi connectivity index (χ0v) is 14.9. The number of benzene rings is 5. The lowest BCUT2D eigenvalue weighted by molar-refractivity contribution is 0.664. The van der Waals surface area contributed by atoms with Gasteiger partial charge in [-0.25, -0.2) is 0 Å². The Morgan fingerprint density at radius 2 is 0.857 bits per heavy atom. The molecular formula is C26H14O2. The van der Waals surface area contributed by atoms with Gasteiger partial charge in [0.1, 0.15) is 22.3 Å². The molecule has 0 atom stereocenters. The number of rotatable bonds is 0. The van der Waals surface area contributed by atoms with E-state index in [2.05, 4.69) is 84.9 Å². The van der Waals surface area contributed by atoms with Crippen molar-refractivity contribution in [2.75, 3.05) is 0 Å². The molecule has 0 amide bonds. The summed E-state index contributed by atoms with van der Waals surface area (Å²) in [5.74, 6) is 0. The first-order valence-electron chi connectivity index (χ1n) is 9.45. The lowest BCUT2D eigenvalue weighted by atomic mass is 10.0. The van der Waals surface area contributed by atoms with Crippen LogP contribution in [0.2, 0.25) is 0 Å². The molecule has 0 aliphatic carbocycles. The van der Waals surface area contributed by atoms with Crippen LogP contribution in [0.3, 0.4) is 0 Å². The van der Waals surface area contributed by atoms with Gasteiger partial charge in [0, 0.05) is 21.5 Å². The zero-order valence-electron chi connectivity index (χ0n) is 14.9. The maximum absolute atomic E-state index is 6.26. The van der Waals surface area contributed by atoms with E-state index < -0.39 is 0 Å². The summed E-state index contributed by atoms with van der Waals surface area (Å²) in [5.41, 5.74) is 3.62. The molecule has 2 nitrogen and oxygen atoms in total. The summed E-state index contributed by atoms with van der Waals surface area (Å²) in [6.07, 6.45) is 0. The van der Waals surface area contributed by atoms with Crippen LogP contribution in [0.25, 0.3) is 65.4 Å². The molecule has 0 aliphatic heterocycles. The molecule has 0 spiro atoms. The third-order valence-electron chi connectivity index (χ3n) is 5.84. The second-order valence-electron chi connectivity index (χ2n) is 7.37. The van der Waals surface area contributed by atoms with Crippen molar-refractivity contribution in [3.05, 3.63) is 84.9 Å². The Morgan fingerprint density at radius 1 is 0.393 bits per heavy atom. The molecule has 130 valence electrons. The van der Waals surface area contributed by atoms with Crippen LogP contribution < -0.4 is 0 Å². The highest BCUT2D eigenvalue weighted by molar-refractivity contribution is 6.24. The summed E-state index contributed by atoms with van der Waals surface area (Å²) in [6.45, 7) is 0. The summed E-state index contributed by atoms with van der Waals surface area (Å²) in [5, 5.41) is 9.35. The summed E-state index contributed by atoms with van der Waals surface area (Å²) in [7, 11) is 0. The topological polar surface area (TPSA) is 26.3 Å². The summed E-state index contributed by atoms with van der Waals surface area (Å²) in [4.78, 5) is 0. The molecule has 0 unspecified atom stereocenters. The van der Waals surface area contributed by atoms with Crippen LogP contribution in [0.5, 0.6) is 0 Å². The van der Waals surface area contributed by atoms with Gasteiger partial charge in [0.05, 0.1) is 0 Å². The minimum Gasteiger partial charge on any atom is -0.456 e. The maximum atomic E-state index is 6.26. The highest BCUT2D eigenvalue weighted by Crippen LogP contribution is 2.40. The molecule has 2 heterocycles. The zero-order chi connectivity index (χ0) is 18.2. The van der Waals surface area contributed by atoms with Gasteiger partial charge in [-0.3, -0.25) is 0 Å². The maximum Gasteiger partial charge on any atom is 0.136 e. The van der Waals surface area contributed by atoms with Crippen molar-refractivity contribution in [2.45, 2.75) is 0 Å². The van der Waals surface area contributed by atoms with Crippen molar-refractivity contribution in [3.8, 4) is 0 Å². The monoisotopic (exact) mass is 358 g/mol. The van der Waals surface area contributed by atoms with Crippen LogP contribution >= 0.6 is 0 Å². The lowest BCUT2D eigenvalue weighted by Crippen LogP contribution is -1.74. The Bertz CT molecular complexity index is 1580. The van der Waals surface area contributed by atoms with Crippen LogP contribution in [-0.4, -0.2) is 0 Å². The van der Waals surface area contributed by atoms with Crippen LogP contribution in [-0.2, 0) is 0 Å². The fourth-order valence-corrected chi connectivity index (χ4v) is 4.59. The third kappa shape index (κ3) is 1.72. The van der Waals surface area contributed by atoms with E-state index in [-0.39, 0.29) is 0 Å². The quantitative estimate of drug-likeness (QED) is 0.276. The fraction of sp³-hybridized carbons (Fsp3) is 0. The largest absolute Gasteiger partial charge is 0.456 e. The number of furan rings is 2. The average Bonchev–Trinajstić information content (AvgIpc) is 3.29. The van der Waals surface area contributed by atoms with Gasteiger partial charge in [-0.05, 0) is 45.8 Å². The Kier molecular flexibility index (Phi) is 2.52. The minimum atomic E-state index is 0.898. The van der Waals surface area contributed by atoms with E-state index in [0.717, 1.165) is 43.9 Å². The predicted octanol–water partition coefficient (Wildman–Crippen LogP) is 7.79. The highest BCUT2D eigenvalue weighted by Gasteiger charge is 2.16. The fourth-order valence-electron chi connectivity index (χ4n) is 4.59. The standard InChI is InChI=1S/C26H14O2/c1-3-7-17-15(5-1)9-11-21-25(17)19-13-24-20(14-23(19)27-21)26-18-8-4-2-6-16(18)10-12-22(26)28-24/h1-14H. The lowest BCUT2D eigenvalue weighted by Gasteiger charge is -1.99. The van der Waals surface area contributed by atoms with Gasteiger partial charge in [-0.1, -0.05) is 60.7 Å². The molecule has 5 aromatic carbocycles. The van der Waals surface area contributed by atoms with Crippen molar-refractivity contribution in [1.29, 1.82) is 0 Å². The molecule has 0 fully saturated rings. The van der Waals surface area contributed by atoms with E-state index >= 15 is 0 Å². The van der Waals surface area contributed by atoms with Crippen LogP contribution in [0.15, 0.2) is 93.8 Å². The average molecular weight is 358 g/mol. The van der Waals surface area contributed by atoms with E-state index in [4.69, 9.17) is 8.83 Å². The van der Waals surface area contributed by atoms with Crippen molar-refractivity contribution in [3.63, 3.8) is 0 Å². The molecule has 0 saturated heterocycles. The Morgan fingerprint density at radius 3 is 1.36 bits per heavy atom. The smallest absolute Gasteiger partial charge is 0.136 e. The van der Waals surface area contributed by atoms with Crippen LogP contribution in [0.4, 0.5) is 0 Å². The normalized spacial score (nSPS) is 12.3. The number of hydrogen-bond acceptors (Lipinski definition) is 2. The molecule has 0 saturated carbocycles. The first kappa shape index (κ1) is 14.3. The Hall–Kier alpha value is -3.78. The number of fused-ring (bicyclic) bond motifs is 10. The van der Waals surface area contributed by atoms with Gasteiger partial charge in [-0.2, -0.15) is 0 Å². The van der Waals surface area contributed by atoms with Crippen molar-refractivity contribution < 1.29 is 8.83 Å². The van der Waals surface area contributed by atoms with E-state index in [1.807, 2.05) is 0 Å². The highest BCUT2D eigenvalue weighted by atomic mass is 16.3. The molecule has 0 radical (unpaired) electrons. The van der Waals surface area contributed by atoms with E-state index in [1.54, 1.807) is 0 Å². The van der Waals surface area contributed by atoms with Gasteiger partial charge in [0.2, 0.25) is 0 Å². The van der Waals surface area contributed by atoms with Gasteiger partial charge in [0.25, 0.3) is 0 Å². The molecule has 2 aromatic heterocycles. The van der Waals surface area contributed by atoms with E-state index in [1.165, 1.54) is 21.5 Å². The molecule has 0 N–H and O–H groups in total. The Labute approximate surface area is 159 Å². The second-order valence-corrected chi connectivity index (χ2v) is 7.37.